The first kappa shape index (κ1) is 17.9. The monoisotopic (exact) mass is 345 g/mol. The van der Waals surface area contributed by atoms with Crippen molar-refractivity contribution >= 4 is 11.6 Å². The molecule has 136 valence electrons. The van der Waals surface area contributed by atoms with E-state index in [0.717, 1.165) is 25.9 Å². The maximum Gasteiger partial charge on any atom is 0.273 e. The van der Waals surface area contributed by atoms with Gasteiger partial charge in [0.15, 0.2) is 0 Å². The molecule has 0 bridgehead atoms. The van der Waals surface area contributed by atoms with E-state index in [1.165, 1.54) is 18.9 Å². The van der Waals surface area contributed by atoms with Crippen LogP contribution in [0.4, 0.5) is 5.69 Å². The molecule has 2 heterocycles. The van der Waals surface area contributed by atoms with Crippen molar-refractivity contribution < 1.29 is 9.72 Å². The lowest BCUT2D eigenvalue weighted by molar-refractivity contribution is -0.385. The van der Waals surface area contributed by atoms with E-state index in [2.05, 4.69) is 18.7 Å². The zero-order valence-corrected chi connectivity index (χ0v) is 15.1. The van der Waals surface area contributed by atoms with Crippen LogP contribution >= 0.6 is 0 Å². The average molecular weight is 345 g/mol. The number of likely N-dealkylation sites (tertiary alicyclic amines) is 2. The normalized spacial score (nSPS) is 27.4. The summed E-state index contributed by atoms with van der Waals surface area (Å²) in [4.78, 5) is 28.0. The van der Waals surface area contributed by atoms with E-state index >= 15 is 0 Å². The fraction of sp³-hybridized carbons (Fsp3) is 0.632. The van der Waals surface area contributed by atoms with Gasteiger partial charge in [-0.3, -0.25) is 19.8 Å². The van der Waals surface area contributed by atoms with E-state index in [4.69, 9.17) is 0 Å². The first-order valence-electron chi connectivity index (χ1n) is 9.25. The molecule has 2 aliphatic rings. The van der Waals surface area contributed by atoms with Crippen LogP contribution in [0.1, 0.15) is 45.1 Å². The molecule has 0 aromatic heterocycles. The quantitative estimate of drug-likeness (QED) is 0.621. The number of piperidine rings is 1. The Kier molecular flexibility index (Phi) is 5.37. The van der Waals surface area contributed by atoms with Crippen molar-refractivity contribution in [2.75, 3.05) is 13.1 Å². The molecule has 0 N–H and O–H groups in total. The van der Waals surface area contributed by atoms with Gasteiger partial charge in [0.25, 0.3) is 5.69 Å². The van der Waals surface area contributed by atoms with Crippen LogP contribution in [-0.2, 0) is 11.2 Å². The molecule has 1 aromatic carbocycles. The van der Waals surface area contributed by atoms with Crippen molar-refractivity contribution in [3.05, 3.63) is 39.9 Å². The van der Waals surface area contributed by atoms with Crippen LogP contribution in [0.3, 0.4) is 0 Å². The summed E-state index contributed by atoms with van der Waals surface area (Å²) < 4.78 is 0. The van der Waals surface area contributed by atoms with Gasteiger partial charge in [-0.1, -0.05) is 18.2 Å². The Morgan fingerprint density at radius 3 is 2.56 bits per heavy atom. The Morgan fingerprint density at radius 1 is 1.20 bits per heavy atom. The predicted octanol–water partition coefficient (Wildman–Crippen LogP) is 3.00. The average Bonchev–Trinajstić information content (AvgIpc) is 2.94. The van der Waals surface area contributed by atoms with Gasteiger partial charge in [-0.25, -0.2) is 0 Å². The topological polar surface area (TPSA) is 66.7 Å². The highest BCUT2D eigenvalue weighted by molar-refractivity contribution is 5.80. The second kappa shape index (κ2) is 7.52. The van der Waals surface area contributed by atoms with E-state index < -0.39 is 4.92 Å². The summed E-state index contributed by atoms with van der Waals surface area (Å²) in [5, 5.41) is 11.2. The molecule has 6 nitrogen and oxygen atoms in total. The van der Waals surface area contributed by atoms with E-state index in [-0.39, 0.29) is 18.0 Å². The molecule has 0 saturated carbocycles. The standard InChI is InChI=1S/C19H27N3O3/c1-14-9-10-15(2)21(14)17-7-5-11-20(13-17)19(23)12-16-6-3-4-8-18(16)22(24)25/h3-4,6,8,14-15,17H,5,7,9-13H2,1-2H3/t14-,15+,17-/m1/s1. The lowest BCUT2D eigenvalue weighted by Gasteiger charge is -2.41. The Labute approximate surface area is 148 Å². The molecule has 0 aliphatic carbocycles. The van der Waals surface area contributed by atoms with Crippen molar-refractivity contribution in [2.24, 2.45) is 0 Å². The maximum absolute atomic E-state index is 12.8. The molecule has 3 rings (SSSR count). The molecule has 25 heavy (non-hydrogen) atoms. The van der Waals surface area contributed by atoms with E-state index in [1.807, 2.05) is 4.90 Å². The Hall–Kier alpha value is -1.95. The van der Waals surface area contributed by atoms with Gasteiger partial charge in [0, 0.05) is 42.8 Å². The smallest absolute Gasteiger partial charge is 0.273 e. The van der Waals surface area contributed by atoms with E-state index in [1.54, 1.807) is 18.2 Å². The molecule has 1 amide bonds. The zero-order valence-electron chi connectivity index (χ0n) is 15.1. The minimum absolute atomic E-state index is 0.00139. The highest BCUT2D eigenvalue weighted by Crippen LogP contribution is 2.30. The van der Waals surface area contributed by atoms with Gasteiger partial charge in [0.1, 0.15) is 0 Å². The van der Waals surface area contributed by atoms with Crippen LogP contribution < -0.4 is 0 Å². The second-order valence-electron chi connectivity index (χ2n) is 7.42. The van der Waals surface area contributed by atoms with Crippen molar-refractivity contribution in [1.29, 1.82) is 0 Å². The molecule has 6 heteroatoms. The summed E-state index contributed by atoms with van der Waals surface area (Å²) in [5.41, 5.74) is 0.536. The fourth-order valence-electron chi connectivity index (χ4n) is 4.47. The third kappa shape index (κ3) is 3.84. The number of amides is 1. The number of benzene rings is 1. The van der Waals surface area contributed by atoms with Gasteiger partial charge in [-0.2, -0.15) is 0 Å². The summed E-state index contributed by atoms with van der Waals surface area (Å²) in [6.07, 6.45) is 4.69. The molecule has 0 unspecified atom stereocenters. The summed E-state index contributed by atoms with van der Waals surface area (Å²) in [6.45, 7) is 6.05. The molecular weight excluding hydrogens is 318 g/mol. The van der Waals surface area contributed by atoms with Crippen LogP contribution in [0.2, 0.25) is 0 Å². The number of nitro benzene ring substituents is 1. The fourth-order valence-corrected chi connectivity index (χ4v) is 4.47. The number of nitro groups is 1. The number of para-hydroxylation sites is 1. The van der Waals surface area contributed by atoms with Crippen molar-refractivity contribution in [2.45, 2.75) is 64.1 Å². The third-order valence-electron chi connectivity index (χ3n) is 5.72. The van der Waals surface area contributed by atoms with Crippen LogP contribution in [0, 0.1) is 10.1 Å². The lowest BCUT2D eigenvalue weighted by Crippen LogP contribution is -2.52. The first-order chi connectivity index (χ1) is 12.0. The molecular formula is C19H27N3O3. The van der Waals surface area contributed by atoms with Gasteiger partial charge in [-0.05, 0) is 39.5 Å². The zero-order chi connectivity index (χ0) is 18.0. The Morgan fingerprint density at radius 2 is 1.88 bits per heavy atom. The van der Waals surface area contributed by atoms with Gasteiger partial charge >= 0.3 is 0 Å². The van der Waals surface area contributed by atoms with Crippen molar-refractivity contribution in [3.63, 3.8) is 0 Å². The van der Waals surface area contributed by atoms with Gasteiger partial charge in [-0.15, -0.1) is 0 Å². The first-order valence-corrected chi connectivity index (χ1v) is 9.25. The number of carbonyl (C=O) groups excluding carboxylic acids is 1. The number of hydrogen-bond acceptors (Lipinski definition) is 4. The van der Waals surface area contributed by atoms with Crippen LogP contribution in [0.15, 0.2) is 24.3 Å². The lowest BCUT2D eigenvalue weighted by atomic mass is 10.0. The van der Waals surface area contributed by atoms with Gasteiger partial charge in [0.2, 0.25) is 5.91 Å². The van der Waals surface area contributed by atoms with Crippen LogP contribution in [0.25, 0.3) is 0 Å². The highest BCUT2D eigenvalue weighted by Gasteiger charge is 2.36. The largest absolute Gasteiger partial charge is 0.341 e. The Balaban J connectivity index is 1.67. The second-order valence-corrected chi connectivity index (χ2v) is 7.42. The summed E-state index contributed by atoms with van der Waals surface area (Å²) in [6, 6.07) is 8.10. The number of hydrogen-bond donors (Lipinski definition) is 0. The molecule has 2 fully saturated rings. The highest BCUT2D eigenvalue weighted by atomic mass is 16.6. The van der Waals surface area contributed by atoms with E-state index in [9.17, 15) is 14.9 Å². The van der Waals surface area contributed by atoms with Crippen molar-refractivity contribution in [3.8, 4) is 0 Å². The minimum Gasteiger partial charge on any atom is -0.341 e. The molecule has 1 aromatic rings. The van der Waals surface area contributed by atoms with Gasteiger partial charge in [0.05, 0.1) is 11.3 Å². The summed E-state index contributed by atoms with van der Waals surface area (Å²) >= 11 is 0. The SMILES string of the molecule is C[C@@H]1CC[C@H](C)N1[C@@H]1CCCN(C(=O)Cc2ccccc2[N+](=O)[O-])C1. The molecule has 2 aliphatic heterocycles. The predicted molar refractivity (Wildman–Crippen MR) is 96.4 cm³/mol. The molecule has 0 spiro atoms. The van der Waals surface area contributed by atoms with Gasteiger partial charge < -0.3 is 4.90 Å². The van der Waals surface area contributed by atoms with Crippen LogP contribution in [0.5, 0.6) is 0 Å². The minimum atomic E-state index is -0.408. The Bertz CT molecular complexity index is 639. The summed E-state index contributed by atoms with van der Waals surface area (Å²) in [7, 11) is 0. The number of carbonyl (C=O) groups is 1. The van der Waals surface area contributed by atoms with Crippen LogP contribution in [-0.4, -0.2) is 51.8 Å². The summed E-state index contributed by atoms with van der Waals surface area (Å²) in [5.74, 6) is -0.00139. The molecule has 3 atom stereocenters. The van der Waals surface area contributed by atoms with Crippen molar-refractivity contribution in [1.82, 2.24) is 9.80 Å². The van der Waals surface area contributed by atoms with E-state index in [0.29, 0.717) is 23.7 Å². The molecule has 2 saturated heterocycles. The number of rotatable bonds is 4. The maximum atomic E-state index is 12.8. The number of nitrogens with zero attached hydrogens (tertiary/aromatic N) is 3. The molecule has 0 radical (unpaired) electrons. The third-order valence-corrected chi connectivity index (χ3v) is 5.72.